The molecule has 0 aromatic carbocycles. The smallest absolute Gasteiger partial charge is 0.284 e. The van der Waals surface area contributed by atoms with Crippen molar-refractivity contribution in [1.82, 2.24) is 20.8 Å². The van der Waals surface area contributed by atoms with Crippen LogP contribution in [0.5, 0.6) is 0 Å². The van der Waals surface area contributed by atoms with Gasteiger partial charge in [0.25, 0.3) is 5.91 Å². The summed E-state index contributed by atoms with van der Waals surface area (Å²) in [5.41, 5.74) is 5.50. The molecule has 1 amide bonds. The van der Waals surface area contributed by atoms with Gasteiger partial charge in [-0.3, -0.25) is 10.2 Å². The minimum absolute atomic E-state index is 0.288. The molecule has 0 aliphatic heterocycles. The van der Waals surface area contributed by atoms with Crippen molar-refractivity contribution in [1.29, 1.82) is 0 Å². The van der Waals surface area contributed by atoms with E-state index in [9.17, 15) is 4.79 Å². The zero-order valence-electron chi connectivity index (χ0n) is 7.86. The maximum Gasteiger partial charge on any atom is 0.284 e. The summed E-state index contributed by atoms with van der Waals surface area (Å²) < 4.78 is 4.79. The highest BCUT2D eigenvalue weighted by Crippen LogP contribution is 1.88. The van der Waals surface area contributed by atoms with Crippen molar-refractivity contribution in [3.8, 4) is 0 Å². The Balaban J connectivity index is 2.29. The number of ether oxygens (including phenoxy) is 1. The van der Waals surface area contributed by atoms with E-state index in [0.717, 1.165) is 0 Å². The lowest BCUT2D eigenvalue weighted by Gasteiger charge is -2.05. The van der Waals surface area contributed by atoms with E-state index in [-0.39, 0.29) is 5.91 Å². The summed E-state index contributed by atoms with van der Waals surface area (Å²) in [5.74, 6) is -0.288. The second-order valence-electron chi connectivity index (χ2n) is 2.47. The molecule has 0 atom stereocenters. The van der Waals surface area contributed by atoms with Crippen LogP contribution in [0.2, 0.25) is 0 Å². The standard InChI is InChI=1S/C8H12N4O2/c1-14-5-4-11-12-8(13)7-2-3-9-6-10-7/h2-3,6,11H,4-5H2,1H3,(H,12,13). The zero-order valence-corrected chi connectivity index (χ0v) is 7.86. The van der Waals surface area contributed by atoms with Crippen molar-refractivity contribution in [2.24, 2.45) is 0 Å². The average Bonchev–Trinajstić information content (AvgIpc) is 2.25. The Hall–Kier alpha value is -1.53. The van der Waals surface area contributed by atoms with Gasteiger partial charge >= 0.3 is 0 Å². The first-order valence-corrected chi connectivity index (χ1v) is 4.12. The van der Waals surface area contributed by atoms with Gasteiger partial charge in [0, 0.05) is 19.9 Å². The van der Waals surface area contributed by atoms with Gasteiger partial charge in [0.1, 0.15) is 12.0 Å². The normalized spacial score (nSPS) is 9.79. The molecular weight excluding hydrogens is 184 g/mol. The molecule has 14 heavy (non-hydrogen) atoms. The predicted molar refractivity (Wildman–Crippen MR) is 49.4 cm³/mol. The number of hydrogen-bond acceptors (Lipinski definition) is 5. The molecule has 0 spiro atoms. The van der Waals surface area contributed by atoms with Crippen molar-refractivity contribution in [2.75, 3.05) is 20.3 Å². The third-order valence-electron chi connectivity index (χ3n) is 1.45. The van der Waals surface area contributed by atoms with Crippen molar-refractivity contribution in [3.05, 3.63) is 24.3 Å². The molecule has 0 bridgehead atoms. The van der Waals surface area contributed by atoms with Gasteiger partial charge in [-0.05, 0) is 6.07 Å². The number of nitrogens with one attached hydrogen (secondary N) is 2. The Labute approximate surface area is 81.7 Å². The molecule has 0 saturated carbocycles. The van der Waals surface area contributed by atoms with Gasteiger partial charge in [0.05, 0.1) is 6.61 Å². The third-order valence-corrected chi connectivity index (χ3v) is 1.45. The summed E-state index contributed by atoms with van der Waals surface area (Å²) in [6.45, 7) is 1.08. The van der Waals surface area contributed by atoms with E-state index in [1.807, 2.05) is 0 Å². The van der Waals surface area contributed by atoms with E-state index in [0.29, 0.717) is 18.8 Å². The second-order valence-corrected chi connectivity index (χ2v) is 2.47. The molecule has 2 N–H and O–H groups in total. The lowest BCUT2D eigenvalue weighted by atomic mass is 10.4. The van der Waals surface area contributed by atoms with E-state index in [1.54, 1.807) is 7.11 Å². The number of rotatable bonds is 5. The molecule has 0 aliphatic carbocycles. The van der Waals surface area contributed by atoms with Gasteiger partial charge in [-0.2, -0.15) is 0 Å². The van der Waals surface area contributed by atoms with E-state index in [2.05, 4.69) is 20.8 Å². The summed E-state index contributed by atoms with van der Waals surface area (Å²) in [6, 6.07) is 1.54. The molecule has 1 heterocycles. The Kier molecular flexibility index (Phi) is 4.53. The summed E-state index contributed by atoms with van der Waals surface area (Å²) in [7, 11) is 1.59. The lowest BCUT2D eigenvalue weighted by Crippen LogP contribution is -2.39. The molecule has 6 heteroatoms. The predicted octanol–water partition coefficient (Wildman–Crippen LogP) is -0.643. The van der Waals surface area contributed by atoms with Crippen LogP contribution < -0.4 is 10.9 Å². The van der Waals surface area contributed by atoms with Gasteiger partial charge in [0.2, 0.25) is 0 Å². The highest BCUT2D eigenvalue weighted by Gasteiger charge is 2.03. The second kappa shape index (κ2) is 6.01. The van der Waals surface area contributed by atoms with Crippen LogP contribution in [0.25, 0.3) is 0 Å². The van der Waals surface area contributed by atoms with E-state index in [1.165, 1.54) is 18.6 Å². The molecule has 6 nitrogen and oxygen atoms in total. The van der Waals surface area contributed by atoms with Crippen molar-refractivity contribution >= 4 is 5.91 Å². The monoisotopic (exact) mass is 196 g/mol. The van der Waals surface area contributed by atoms with Crippen molar-refractivity contribution < 1.29 is 9.53 Å². The largest absolute Gasteiger partial charge is 0.383 e. The van der Waals surface area contributed by atoms with Crippen LogP contribution in [0.3, 0.4) is 0 Å². The quantitative estimate of drug-likeness (QED) is 0.484. The minimum Gasteiger partial charge on any atom is -0.383 e. The highest BCUT2D eigenvalue weighted by molar-refractivity contribution is 5.91. The molecule has 0 radical (unpaired) electrons. The zero-order chi connectivity index (χ0) is 10.2. The summed E-state index contributed by atoms with van der Waals surface area (Å²) >= 11 is 0. The Morgan fingerprint density at radius 2 is 2.50 bits per heavy atom. The molecule has 0 aliphatic rings. The third kappa shape index (κ3) is 3.46. The van der Waals surface area contributed by atoms with E-state index >= 15 is 0 Å². The number of methoxy groups -OCH3 is 1. The first kappa shape index (κ1) is 10.6. The maximum absolute atomic E-state index is 11.3. The minimum atomic E-state index is -0.288. The number of carbonyl (C=O) groups is 1. The molecule has 1 rings (SSSR count). The summed E-state index contributed by atoms with van der Waals surface area (Å²) in [4.78, 5) is 18.8. The number of amides is 1. The van der Waals surface area contributed by atoms with Gasteiger partial charge in [-0.25, -0.2) is 15.4 Å². The van der Waals surface area contributed by atoms with Gasteiger partial charge in [-0.1, -0.05) is 0 Å². The SMILES string of the molecule is COCCNNC(=O)c1ccncn1. The van der Waals surface area contributed by atoms with Crippen LogP contribution in [-0.2, 0) is 4.74 Å². The first-order valence-electron chi connectivity index (χ1n) is 4.12. The van der Waals surface area contributed by atoms with Gasteiger partial charge in [-0.15, -0.1) is 0 Å². The summed E-state index contributed by atoms with van der Waals surface area (Å²) in [6.07, 6.45) is 2.83. The number of hydrogen-bond donors (Lipinski definition) is 2. The number of hydrazine groups is 1. The first-order chi connectivity index (χ1) is 6.84. The molecule has 0 unspecified atom stereocenters. The molecule has 0 fully saturated rings. The fraction of sp³-hybridized carbons (Fsp3) is 0.375. The van der Waals surface area contributed by atoms with Crippen LogP contribution in [0.15, 0.2) is 18.6 Å². The van der Waals surface area contributed by atoms with Crippen LogP contribution in [0.1, 0.15) is 10.5 Å². The fourth-order valence-corrected chi connectivity index (χ4v) is 0.785. The van der Waals surface area contributed by atoms with E-state index in [4.69, 9.17) is 4.74 Å². The number of carbonyl (C=O) groups excluding carboxylic acids is 1. The molecule has 0 saturated heterocycles. The average molecular weight is 196 g/mol. The lowest BCUT2D eigenvalue weighted by molar-refractivity contribution is 0.0921. The number of nitrogens with zero attached hydrogens (tertiary/aromatic N) is 2. The van der Waals surface area contributed by atoms with Crippen LogP contribution in [0.4, 0.5) is 0 Å². The van der Waals surface area contributed by atoms with Crippen LogP contribution >= 0.6 is 0 Å². The van der Waals surface area contributed by atoms with Gasteiger partial charge < -0.3 is 4.74 Å². The fourth-order valence-electron chi connectivity index (χ4n) is 0.785. The highest BCUT2D eigenvalue weighted by atomic mass is 16.5. The molecule has 76 valence electrons. The Bertz CT molecular complexity index is 278. The van der Waals surface area contributed by atoms with Crippen molar-refractivity contribution in [2.45, 2.75) is 0 Å². The van der Waals surface area contributed by atoms with E-state index < -0.39 is 0 Å². The maximum atomic E-state index is 11.3. The van der Waals surface area contributed by atoms with Gasteiger partial charge in [0.15, 0.2) is 0 Å². The summed E-state index contributed by atoms with van der Waals surface area (Å²) in [5, 5.41) is 0. The molecule has 1 aromatic rings. The Morgan fingerprint density at radius 1 is 1.64 bits per heavy atom. The van der Waals surface area contributed by atoms with Crippen molar-refractivity contribution in [3.63, 3.8) is 0 Å². The molecular formula is C8H12N4O2. The number of aromatic nitrogens is 2. The Morgan fingerprint density at radius 3 is 3.14 bits per heavy atom. The van der Waals surface area contributed by atoms with Crippen LogP contribution in [0, 0.1) is 0 Å². The van der Waals surface area contributed by atoms with Crippen LogP contribution in [-0.4, -0.2) is 36.1 Å². The molecule has 1 aromatic heterocycles. The topological polar surface area (TPSA) is 76.1 Å².